The second-order valence-corrected chi connectivity index (χ2v) is 5.38. The molecule has 0 saturated carbocycles. The Hall–Kier alpha value is -1.56. The van der Waals surface area contributed by atoms with Crippen molar-refractivity contribution in [2.75, 3.05) is 11.6 Å². The summed E-state index contributed by atoms with van der Waals surface area (Å²) in [5.74, 6) is 7.74. The van der Waals surface area contributed by atoms with E-state index >= 15 is 0 Å². The Morgan fingerprint density at radius 1 is 1.16 bits per heavy atom. The third-order valence-corrected chi connectivity index (χ3v) is 3.86. The molecule has 0 radical (unpaired) electrons. The molecule has 5 nitrogen and oxygen atoms in total. The van der Waals surface area contributed by atoms with Crippen LogP contribution in [-0.4, -0.2) is 25.6 Å². The van der Waals surface area contributed by atoms with Gasteiger partial charge in [0.1, 0.15) is 0 Å². The molecule has 0 aliphatic heterocycles. The van der Waals surface area contributed by atoms with Crippen molar-refractivity contribution in [3.05, 3.63) is 24.5 Å². The third kappa shape index (κ3) is 3.70. The first-order valence-electron chi connectivity index (χ1n) is 6.56. The first-order valence-corrected chi connectivity index (χ1v) is 7.55. The van der Waals surface area contributed by atoms with Crippen molar-refractivity contribution in [2.45, 2.75) is 37.8 Å². The van der Waals surface area contributed by atoms with Crippen LogP contribution in [-0.2, 0) is 0 Å². The topological polar surface area (TPSA) is 69.6 Å². The zero-order valence-electron chi connectivity index (χ0n) is 11.1. The van der Waals surface area contributed by atoms with Gasteiger partial charge in [0.05, 0.1) is 0 Å². The molecule has 0 aromatic carbocycles. The fourth-order valence-corrected chi connectivity index (χ4v) is 2.62. The normalized spacial score (nSPS) is 10.8. The first-order chi connectivity index (χ1) is 9.33. The van der Waals surface area contributed by atoms with Gasteiger partial charge in [-0.3, -0.25) is 4.98 Å². The molecule has 0 aliphatic rings. The molecular formula is C13H19N5S. The van der Waals surface area contributed by atoms with Gasteiger partial charge < -0.3 is 5.84 Å². The summed E-state index contributed by atoms with van der Waals surface area (Å²) in [6.07, 6.45) is 8.45. The lowest BCUT2D eigenvalue weighted by Gasteiger charge is -2.03. The zero-order valence-corrected chi connectivity index (χ0v) is 11.9. The molecule has 0 spiro atoms. The number of thioether (sulfide) groups is 1. The van der Waals surface area contributed by atoms with E-state index in [2.05, 4.69) is 22.1 Å². The molecule has 2 N–H and O–H groups in total. The van der Waals surface area contributed by atoms with Gasteiger partial charge in [0.15, 0.2) is 5.82 Å². The predicted octanol–water partition coefficient (Wildman–Crippen LogP) is 2.73. The lowest BCUT2D eigenvalue weighted by molar-refractivity contribution is 0.705. The summed E-state index contributed by atoms with van der Waals surface area (Å²) in [7, 11) is 0. The van der Waals surface area contributed by atoms with Crippen molar-refractivity contribution in [1.82, 2.24) is 19.9 Å². The number of nitrogens with two attached hydrogens (primary N) is 1. The average molecular weight is 277 g/mol. The number of aromatic nitrogens is 4. The lowest BCUT2D eigenvalue weighted by atomic mass is 10.2. The Bertz CT molecular complexity index is 497. The van der Waals surface area contributed by atoms with E-state index in [0.717, 1.165) is 16.5 Å². The van der Waals surface area contributed by atoms with Crippen molar-refractivity contribution in [3.63, 3.8) is 0 Å². The highest BCUT2D eigenvalue weighted by Gasteiger charge is 2.11. The van der Waals surface area contributed by atoms with Gasteiger partial charge in [-0.25, -0.2) is 4.68 Å². The number of nitrogens with zero attached hydrogens (tertiary/aromatic N) is 4. The van der Waals surface area contributed by atoms with Gasteiger partial charge in [0, 0.05) is 23.7 Å². The Labute approximate surface area is 117 Å². The quantitative estimate of drug-likeness (QED) is 0.479. The van der Waals surface area contributed by atoms with Gasteiger partial charge in [-0.1, -0.05) is 37.9 Å². The van der Waals surface area contributed by atoms with Crippen LogP contribution in [0.15, 0.2) is 29.7 Å². The predicted molar refractivity (Wildman–Crippen MR) is 78.3 cm³/mol. The van der Waals surface area contributed by atoms with Crippen LogP contribution in [0.5, 0.6) is 0 Å². The van der Waals surface area contributed by atoms with Crippen LogP contribution in [0.1, 0.15) is 32.6 Å². The lowest BCUT2D eigenvalue weighted by Crippen LogP contribution is -2.11. The SMILES string of the molecule is CCCCCCSc1nnc(-c2ccncc2)n1N. The monoisotopic (exact) mass is 277 g/mol. The number of unbranched alkanes of at least 4 members (excludes halogenated alkanes) is 3. The highest BCUT2D eigenvalue weighted by Crippen LogP contribution is 2.21. The highest BCUT2D eigenvalue weighted by molar-refractivity contribution is 7.99. The van der Waals surface area contributed by atoms with Crippen molar-refractivity contribution in [3.8, 4) is 11.4 Å². The Morgan fingerprint density at radius 3 is 2.68 bits per heavy atom. The molecule has 102 valence electrons. The van der Waals surface area contributed by atoms with Gasteiger partial charge >= 0.3 is 0 Å². The van der Waals surface area contributed by atoms with Crippen molar-refractivity contribution < 1.29 is 0 Å². The van der Waals surface area contributed by atoms with Crippen LogP contribution >= 0.6 is 11.8 Å². The van der Waals surface area contributed by atoms with Crippen LogP contribution in [0, 0.1) is 0 Å². The summed E-state index contributed by atoms with van der Waals surface area (Å²) in [4.78, 5) is 3.98. The van der Waals surface area contributed by atoms with E-state index < -0.39 is 0 Å². The molecule has 0 aliphatic carbocycles. The fourth-order valence-electron chi connectivity index (χ4n) is 1.77. The summed E-state index contributed by atoms with van der Waals surface area (Å²) >= 11 is 1.66. The Kier molecular flexibility index (Phi) is 5.20. The third-order valence-electron chi connectivity index (χ3n) is 2.83. The van der Waals surface area contributed by atoms with Crippen molar-refractivity contribution >= 4 is 11.8 Å². The van der Waals surface area contributed by atoms with Crippen LogP contribution in [0.25, 0.3) is 11.4 Å². The molecular weight excluding hydrogens is 258 g/mol. The average Bonchev–Trinajstić information content (AvgIpc) is 2.81. The van der Waals surface area contributed by atoms with E-state index in [1.54, 1.807) is 28.8 Å². The minimum Gasteiger partial charge on any atom is -0.335 e. The summed E-state index contributed by atoms with van der Waals surface area (Å²) in [5.41, 5.74) is 0.933. The number of rotatable bonds is 7. The maximum Gasteiger partial charge on any atom is 0.210 e. The van der Waals surface area contributed by atoms with Gasteiger partial charge in [0.2, 0.25) is 5.16 Å². The molecule has 19 heavy (non-hydrogen) atoms. The molecule has 6 heteroatoms. The van der Waals surface area contributed by atoms with Crippen LogP contribution in [0.3, 0.4) is 0 Å². The minimum atomic E-state index is 0.679. The molecule has 0 bridgehead atoms. The van der Waals surface area contributed by atoms with Gasteiger partial charge in [0.25, 0.3) is 0 Å². The van der Waals surface area contributed by atoms with Crippen molar-refractivity contribution in [2.24, 2.45) is 0 Å². The number of hydrogen-bond donors (Lipinski definition) is 1. The minimum absolute atomic E-state index is 0.679. The number of pyridine rings is 1. The molecule has 0 unspecified atom stereocenters. The van der Waals surface area contributed by atoms with Crippen LogP contribution in [0.4, 0.5) is 0 Å². The van der Waals surface area contributed by atoms with E-state index in [1.165, 1.54) is 25.7 Å². The molecule has 0 saturated heterocycles. The second-order valence-electron chi connectivity index (χ2n) is 4.32. The molecule has 2 aromatic rings. The molecule has 0 amide bonds. The van der Waals surface area contributed by atoms with Crippen LogP contribution < -0.4 is 5.84 Å². The molecule has 0 fully saturated rings. The Morgan fingerprint density at radius 2 is 1.95 bits per heavy atom. The van der Waals surface area contributed by atoms with E-state index in [4.69, 9.17) is 5.84 Å². The summed E-state index contributed by atoms with van der Waals surface area (Å²) in [5, 5.41) is 9.05. The van der Waals surface area contributed by atoms with Crippen LogP contribution in [0.2, 0.25) is 0 Å². The molecule has 2 aromatic heterocycles. The molecule has 2 rings (SSSR count). The van der Waals surface area contributed by atoms with E-state index in [1.807, 2.05) is 12.1 Å². The summed E-state index contributed by atoms with van der Waals surface area (Å²) in [6, 6.07) is 3.76. The summed E-state index contributed by atoms with van der Waals surface area (Å²) in [6.45, 7) is 2.21. The van der Waals surface area contributed by atoms with E-state index in [9.17, 15) is 0 Å². The smallest absolute Gasteiger partial charge is 0.210 e. The largest absolute Gasteiger partial charge is 0.335 e. The molecule has 2 heterocycles. The van der Waals surface area contributed by atoms with Gasteiger partial charge in [-0.2, -0.15) is 0 Å². The maximum absolute atomic E-state index is 6.03. The van der Waals surface area contributed by atoms with Crippen molar-refractivity contribution in [1.29, 1.82) is 0 Å². The van der Waals surface area contributed by atoms with Gasteiger partial charge in [-0.15, -0.1) is 10.2 Å². The standard InChI is InChI=1S/C13H19N5S/c1-2-3-4-5-10-19-13-17-16-12(18(13)14)11-6-8-15-9-7-11/h6-9H,2-5,10,14H2,1H3. The van der Waals surface area contributed by atoms with E-state index in [-0.39, 0.29) is 0 Å². The maximum atomic E-state index is 6.03. The fraction of sp³-hybridized carbons (Fsp3) is 0.462. The first kappa shape index (κ1) is 13.9. The van der Waals surface area contributed by atoms with Gasteiger partial charge in [-0.05, 0) is 18.6 Å². The number of hydrogen-bond acceptors (Lipinski definition) is 5. The van der Waals surface area contributed by atoms with E-state index in [0.29, 0.717) is 5.82 Å². The Balaban J connectivity index is 1.95. The second kappa shape index (κ2) is 7.13. The number of nitrogen functional groups attached to an aromatic ring is 1. The summed E-state index contributed by atoms with van der Waals surface area (Å²) < 4.78 is 1.56. The highest BCUT2D eigenvalue weighted by atomic mass is 32.2. The molecule has 0 atom stereocenters. The zero-order chi connectivity index (χ0) is 13.5.